The summed E-state index contributed by atoms with van der Waals surface area (Å²) < 4.78 is 0. The lowest BCUT2D eigenvalue weighted by atomic mass is 10.1. The molecule has 0 aromatic heterocycles. The van der Waals surface area contributed by atoms with Gasteiger partial charge in [-0.2, -0.15) is 5.26 Å². The monoisotopic (exact) mass is 211 g/mol. The van der Waals surface area contributed by atoms with E-state index in [9.17, 15) is 0 Å². The molecule has 2 atom stereocenters. The minimum Gasteiger partial charge on any atom is -0.272 e. The second-order valence-corrected chi connectivity index (χ2v) is 4.67. The first-order chi connectivity index (χ1) is 6.76. The predicted molar refractivity (Wildman–Crippen MR) is 61.1 cm³/mol. The SMILES string of the molecule is CSC(=NCC1CCC(C)C1)NC#N. The average Bonchev–Trinajstić information content (AvgIpc) is 2.59. The largest absolute Gasteiger partial charge is 0.272 e. The first kappa shape index (κ1) is 11.4. The van der Waals surface area contributed by atoms with Crippen molar-refractivity contribution in [3.05, 3.63) is 0 Å². The topological polar surface area (TPSA) is 48.2 Å². The summed E-state index contributed by atoms with van der Waals surface area (Å²) in [6.45, 7) is 3.17. The molecule has 0 aromatic carbocycles. The van der Waals surface area contributed by atoms with Crippen molar-refractivity contribution in [1.82, 2.24) is 5.32 Å². The van der Waals surface area contributed by atoms with Crippen molar-refractivity contribution >= 4 is 16.9 Å². The van der Waals surface area contributed by atoms with Crippen LogP contribution in [0.3, 0.4) is 0 Å². The highest BCUT2D eigenvalue weighted by Crippen LogP contribution is 2.30. The number of hydrogen-bond donors (Lipinski definition) is 1. The van der Waals surface area contributed by atoms with Gasteiger partial charge in [0.05, 0.1) is 0 Å². The molecular weight excluding hydrogens is 194 g/mol. The van der Waals surface area contributed by atoms with Gasteiger partial charge in [0.15, 0.2) is 11.4 Å². The Labute approximate surface area is 90.0 Å². The van der Waals surface area contributed by atoms with Crippen molar-refractivity contribution in [2.75, 3.05) is 12.8 Å². The molecule has 14 heavy (non-hydrogen) atoms. The predicted octanol–water partition coefficient (Wildman–Crippen LogP) is 2.21. The van der Waals surface area contributed by atoms with E-state index < -0.39 is 0 Å². The molecule has 0 radical (unpaired) electrons. The van der Waals surface area contributed by atoms with Crippen molar-refractivity contribution in [2.45, 2.75) is 26.2 Å². The molecule has 1 aliphatic carbocycles. The van der Waals surface area contributed by atoms with E-state index in [4.69, 9.17) is 5.26 Å². The molecule has 4 heteroatoms. The molecule has 78 valence electrons. The van der Waals surface area contributed by atoms with E-state index in [0.29, 0.717) is 0 Å². The average molecular weight is 211 g/mol. The standard InChI is InChI=1S/C10H17N3S/c1-8-3-4-9(5-8)6-12-10(14-2)13-7-11/h8-9H,3-6H2,1-2H3,(H,12,13). The maximum absolute atomic E-state index is 8.45. The van der Waals surface area contributed by atoms with Gasteiger partial charge in [-0.15, -0.1) is 0 Å². The first-order valence-corrected chi connectivity index (χ1v) is 6.22. The number of nitrogens with one attached hydrogen (secondary N) is 1. The second kappa shape index (κ2) is 5.92. The Bertz CT molecular complexity index is 244. The zero-order valence-electron chi connectivity index (χ0n) is 8.79. The van der Waals surface area contributed by atoms with Crippen LogP contribution in [-0.2, 0) is 0 Å². The summed E-state index contributed by atoms with van der Waals surface area (Å²) in [6, 6.07) is 0. The van der Waals surface area contributed by atoms with E-state index in [1.54, 1.807) is 0 Å². The lowest BCUT2D eigenvalue weighted by Crippen LogP contribution is -2.15. The van der Waals surface area contributed by atoms with Crippen LogP contribution in [0.1, 0.15) is 26.2 Å². The van der Waals surface area contributed by atoms with Crippen molar-refractivity contribution in [2.24, 2.45) is 16.8 Å². The molecule has 3 nitrogen and oxygen atoms in total. The summed E-state index contributed by atoms with van der Waals surface area (Å²) in [7, 11) is 0. The highest BCUT2D eigenvalue weighted by molar-refractivity contribution is 8.13. The molecule has 0 heterocycles. The van der Waals surface area contributed by atoms with Crippen LogP contribution in [-0.4, -0.2) is 18.0 Å². The van der Waals surface area contributed by atoms with Crippen LogP contribution >= 0.6 is 11.8 Å². The smallest absolute Gasteiger partial charge is 0.183 e. The van der Waals surface area contributed by atoms with Crippen LogP contribution in [0.2, 0.25) is 0 Å². The third-order valence-corrected chi connectivity index (χ3v) is 3.27. The highest BCUT2D eigenvalue weighted by atomic mass is 32.2. The number of nitriles is 1. The lowest BCUT2D eigenvalue weighted by molar-refractivity contribution is 0.526. The van der Waals surface area contributed by atoms with E-state index in [1.807, 2.05) is 12.4 Å². The molecule has 0 saturated heterocycles. The zero-order chi connectivity index (χ0) is 10.4. The van der Waals surface area contributed by atoms with Gasteiger partial charge in [0.1, 0.15) is 0 Å². The summed E-state index contributed by atoms with van der Waals surface area (Å²) in [6.07, 6.45) is 7.75. The minimum atomic E-state index is 0.729. The maximum atomic E-state index is 8.45. The van der Waals surface area contributed by atoms with E-state index >= 15 is 0 Å². The van der Waals surface area contributed by atoms with Crippen LogP contribution < -0.4 is 5.32 Å². The maximum Gasteiger partial charge on any atom is 0.183 e. The zero-order valence-corrected chi connectivity index (χ0v) is 9.60. The summed E-state index contributed by atoms with van der Waals surface area (Å²) >= 11 is 1.50. The molecule has 1 aliphatic rings. The van der Waals surface area contributed by atoms with Crippen molar-refractivity contribution in [3.63, 3.8) is 0 Å². The Morgan fingerprint density at radius 3 is 2.93 bits per heavy atom. The number of aliphatic imine (C=N–C) groups is 1. The Morgan fingerprint density at radius 1 is 1.64 bits per heavy atom. The van der Waals surface area contributed by atoms with Gasteiger partial charge < -0.3 is 0 Å². The number of hydrogen-bond acceptors (Lipinski definition) is 3. The Morgan fingerprint density at radius 2 is 2.43 bits per heavy atom. The minimum absolute atomic E-state index is 0.729. The van der Waals surface area contributed by atoms with Crippen LogP contribution in [0.5, 0.6) is 0 Å². The van der Waals surface area contributed by atoms with Gasteiger partial charge in [-0.05, 0) is 30.9 Å². The van der Waals surface area contributed by atoms with Gasteiger partial charge in [-0.1, -0.05) is 25.1 Å². The molecule has 1 saturated carbocycles. The summed E-state index contributed by atoms with van der Waals surface area (Å²) in [5.74, 6) is 1.59. The van der Waals surface area contributed by atoms with Crippen LogP contribution in [0.15, 0.2) is 4.99 Å². The summed E-state index contributed by atoms with van der Waals surface area (Å²) in [4.78, 5) is 4.39. The van der Waals surface area contributed by atoms with Crippen molar-refractivity contribution < 1.29 is 0 Å². The van der Waals surface area contributed by atoms with Gasteiger partial charge in [-0.3, -0.25) is 10.3 Å². The van der Waals surface area contributed by atoms with E-state index in [-0.39, 0.29) is 0 Å². The van der Waals surface area contributed by atoms with E-state index in [2.05, 4.69) is 17.2 Å². The molecule has 0 aromatic rings. The molecule has 0 amide bonds. The number of thioether (sulfide) groups is 1. The fourth-order valence-electron chi connectivity index (χ4n) is 1.91. The molecule has 2 unspecified atom stereocenters. The molecule has 0 spiro atoms. The van der Waals surface area contributed by atoms with Crippen molar-refractivity contribution in [3.8, 4) is 6.19 Å². The normalized spacial score (nSPS) is 27.4. The van der Waals surface area contributed by atoms with Gasteiger partial charge in [0.2, 0.25) is 0 Å². The highest BCUT2D eigenvalue weighted by Gasteiger charge is 2.20. The molecule has 0 aliphatic heterocycles. The first-order valence-electron chi connectivity index (χ1n) is 4.99. The fraction of sp³-hybridized carbons (Fsp3) is 0.800. The molecule has 0 bridgehead atoms. The second-order valence-electron chi connectivity index (χ2n) is 3.87. The summed E-state index contributed by atoms with van der Waals surface area (Å²) in [5, 5.41) is 11.8. The van der Waals surface area contributed by atoms with Crippen molar-refractivity contribution in [1.29, 1.82) is 5.26 Å². The van der Waals surface area contributed by atoms with E-state index in [0.717, 1.165) is 23.5 Å². The number of rotatable bonds is 2. The third kappa shape index (κ3) is 3.59. The fourth-order valence-corrected chi connectivity index (χ4v) is 2.26. The van der Waals surface area contributed by atoms with Gasteiger partial charge >= 0.3 is 0 Å². The summed E-state index contributed by atoms with van der Waals surface area (Å²) in [5.41, 5.74) is 0. The Kier molecular flexibility index (Phi) is 4.81. The van der Waals surface area contributed by atoms with Crippen LogP contribution in [0.4, 0.5) is 0 Å². The molecule has 1 N–H and O–H groups in total. The van der Waals surface area contributed by atoms with Crippen LogP contribution in [0.25, 0.3) is 0 Å². The van der Waals surface area contributed by atoms with E-state index in [1.165, 1.54) is 31.0 Å². The van der Waals surface area contributed by atoms with Crippen LogP contribution in [0, 0.1) is 23.3 Å². The number of amidine groups is 1. The van der Waals surface area contributed by atoms with Gasteiger partial charge in [0, 0.05) is 6.54 Å². The Balaban J connectivity index is 2.33. The Hall–Kier alpha value is -0.690. The quantitative estimate of drug-likeness (QED) is 0.330. The van der Waals surface area contributed by atoms with Gasteiger partial charge in [-0.25, -0.2) is 0 Å². The lowest BCUT2D eigenvalue weighted by Gasteiger charge is -2.06. The third-order valence-electron chi connectivity index (χ3n) is 2.65. The van der Waals surface area contributed by atoms with Gasteiger partial charge in [0.25, 0.3) is 0 Å². The number of nitrogens with zero attached hydrogens (tertiary/aromatic N) is 2. The molecule has 1 fully saturated rings. The molecule has 1 rings (SSSR count). The molecular formula is C10H17N3S.